The maximum atomic E-state index is 13.7. The van der Waals surface area contributed by atoms with Gasteiger partial charge >= 0.3 is 11.9 Å². The molecule has 0 bridgehead atoms. The maximum Gasteiger partial charge on any atom is 0.326 e. The van der Waals surface area contributed by atoms with E-state index < -0.39 is 109 Å². The monoisotopic (exact) mass is 796 g/mol. The number of nitrogens with zero attached hydrogens (tertiary/aromatic N) is 1. The molecule has 15 N–H and O–H groups in total. The molecular weight excluding hydrogens is 744 g/mol. The number of guanidine groups is 1. The molecule has 55 heavy (non-hydrogen) atoms. The zero-order valence-electron chi connectivity index (χ0n) is 30.7. The highest BCUT2D eigenvalue weighted by Gasteiger charge is 2.35. The van der Waals surface area contributed by atoms with E-state index >= 15 is 0 Å². The Kier molecular flexibility index (Phi) is 20.8. The molecule has 21 nitrogen and oxygen atoms in total. The first-order chi connectivity index (χ1) is 25.8. The number of rotatable bonds is 24. The van der Waals surface area contributed by atoms with E-state index in [0.29, 0.717) is 5.56 Å². The average Bonchev–Trinajstić information content (AvgIpc) is 3.11. The van der Waals surface area contributed by atoms with Crippen molar-refractivity contribution in [1.29, 1.82) is 0 Å². The number of carboxylic acid groups (broad SMARTS) is 2. The molecule has 306 valence electrons. The van der Waals surface area contributed by atoms with Gasteiger partial charge in [-0.25, -0.2) is 4.79 Å². The van der Waals surface area contributed by atoms with Gasteiger partial charge in [0.2, 0.25) is 35.4 Å². The van der Waals surface area contributed by atoms with Crippen molar-refractivity contribution in [2.75, 3.05) is 18.8 Å². The molecule has 0 aliphatic rings. The normalized spacial score (nSPS) is 14.7. The summed E-state index contributed by atoms with van der Waals surface area (Å²) < 4.78 is 0. The molecule has 0 saturated carbocycles. The van der Waals surface area contributed by atoms with Crippen LogP contribution < -0.4 is 49.1 Å². The van der Waals surface area contributed by atoms with Gasteiger partial charge in [0.15, 0.2) is 5.96 Å². The predicted molar refractivity (Wildman–Crippen MR) is 201 cm³/mol. The summed E-state index contributed by atoms with van der Waals surface area (Å²) in [4.78, 5) is 106. The third-order valence-corrected chi connectivity index (χ3v) is 8.18. The lowest BCUT2D eigenvalue weighted by Crippen LogP contribution is -2.62. The van der Waals surface area contributed by atoms with Crippen LogP contribution in [0.2, 0.25) is 0 Å². The molecule has 0 spiro atoms. The van der Waals surface area contributed by atoms with E-state index in [-0.39, 0.29) is 37.5 Å². The number of aliphatic imine (C=N–C) groups is 1. The second kappa shape index (κ2) is 24.0. The minimum atomic E-state index is -1.75. The summed E-state index contributed by atoms with van der Waals surface area (Å²) >= 11 is 4.11. The number of thiol groups is 1. The highest BCUT2D eigenvalue weighted by molar-refractivity contribution is 7.80. The van der Waals surface area contributed by atoms with Crippen LogP contribution in [0.15, 0.2) is 35.3 Å². The fourth-order valence-corrected chi connectivity index (χ4v) is 5.15. The number of benzene rings is 1. The zero-order chi connectivity index (χ0) is 41.8. The Hall–Kier alpha value is -5.48. The summed E-state index contributed by atoms with van der Waals surface area (Å²) in [5, 5.41) is 43.4. The maximum absolute atomic E-state index is 13.7. The Morgan fingerprint density at radius 3 is 1.76 bits per heavy atom. The van der Waals surface area contributed by atoms with Gasteiger partial charge < -0.3 is 64.4 Å². The summed E-state index contributed by atoms with van der Waals surface area (Å²) in [5.41, 5.74) is 16.6. The van der Waals surface area contributed by atoms with Crippen molar-refractivity contribution in [2.24, 2.45) is 28.1 Å². The Balaban J connectivity index is 3.30. The smallest absolute Gasteiger partial charge is 0.326 e. The Morgan fingerprint density at radius 1 is 0.727 bits per heavy atom. The highest BCUT2D eigenvalue weighted by atomic mass is 32.1. The SMILES string of the molecule is CC(C)[C@H](NC(=O)[C@H](CC(=O)O)NC(=O)[C@H](CS)NC(=O)[C@H](Cc1ccccc1)NC(=O)[C@@H](NC(=O)[C@H](CCCN=C(N)N)NC(=O)CN)[C@@H](C)O)C(=O)O. The first-order valence-electron chi connectivity index (χ1n) is 17.1. The number of hydrogen-bond acceptors (Lipinski definition) is 12. The minimum absolute atomic E-state index is 0.0154. The number of hydrogen-bond donors (Lipinski definition) is 13. The summed E-state index contributed by atoms with van der Waals surface area (Å²) in [6.45, 7) is 3.89. The third kappa shape index (κ3) is 17.5. The number of aliphatic hydroxyl groups excluding tert-OH is 1. The molecule has 0 aromatic heterocycles. The molecule has 0 unspecified atom stereocenters. The van der Waals surface area contributed by atoms with Crippen molar-refractivity contribution in [3.05, 3.63) is 35.9 Å². The molecule has 0 heterocycles. The number of aliphatic carboxylic acids is 2. The van der Waals surface area contributed by atoms with Crippen LogP contribution in [-0.2, 0) is 44.8 Å². The molecule has 7 atom stereocenters. The molecular formula is C33H52N10O11S. The molecule has 0 radical (unpaired) electrons. The number of nitrogens with two attached hydrogens (primary N) is 3. The predicted octanol–water partition coefficient (Wildman–Crippen LogP) is -4.32. The van der Waals surface area contributed by atoms with Crippen molar-refractivity contribution >= 4 is 66.0 Å². The van der Waals surface area contributed by atoms with Crippen molar-refractivity contribution in [1.82, 2.24) is 31.9 Å². The van der Waals surface area contributed by atoms with E-state index in [1.165, 1.54) is 20.8 Å². The van der Waals surface area contributed by atoms with Crippen LogP contribution in [0.25, 0.3) is 0 Å². The van der Waals surface area contributed by atoms with Gasteiger partial charge in [0.25, 0.3) is 0 Å². The number of carbonyl (C=O) groups excluding carboxylic acids is 6. The first-order valence-corrected chi connectivity index (χ1v) is 17.8. The standard InChI is InChI=1S/C33H52N10O11S/c1-16(2)25(32(53)54)42-29(50)21(13-24(46)47)39-30(51)22(15-55)41-28(49)20(12-18-8-5-4-6-9-18)40-31(52)26(17(3)44)43-27(48)19(38-23(45)14-34)10-7-11-37-33(35)36/h4-6,8-9,16-17,19-22,25-26,44,55H,7,10-15,34H2,1-3H3,(H,38,45)(H,39,51)(H,40,52)(H,41,49)(H,42,50)(H,43,48)(H,46,47)(H,53,54)(H4,35,36,37)/t17-,19+,20+,21+,22+,25+,26+/m1/s1. The van der Waals surface area contributed by atoms with Crippen molar-refractivity contribution < 1.29 is 53.7 Å². The molecule has 6 amide bonds. The van der Waals surface area contributed by atoms with E-state index in [4.69, 9.17) is 17.2 Å². The van der Waals surface area contributed by atoms with Gasteiger partial charge in [-0.15, -0.1) is 0 Å². The van der Waals surface area contributed by atoms with Crippen LogP contribution in [0.5, 0.6) is 0 Å². The number of nitrogens with one attached hydrogen (secondary N) is 6. The Morgan fingerprint density at radius 2 is 1.25 bits per heavy atom. The van der Waals surface area contributed by atoms with Gasteiger partial charge in [-0.1, -0.05) is 44.2 Å². The van der Waals surface area contributed by atoms with Gasteiger partial charge in [0, 0.05) is 18.7 Å². The van der Waals surface area contributed by atoms with Crippen LogP contribution in [0.4, 0.5) is 0 Å². The van der Waals surface area contributed by atoms with Crippen molar-refractivity contribution in [3.8, 4) is 0 Å². The van der Waals surface area contributed by atoms with E-state index in [1.807, 2.05) is 0 Å². The van der Waals surface area contributed by atoms with Crippen LogP contribution in [-0.4, -0.2) is 130 Å². The van der Waals surface area contributed by atoms with Gasteiger partial charge in [0.1, 0.15) is 36.3 Å². The molecule has 1 aromatic carbocycles. The van der Waals surface area contributed by atoms with Crippen molar-refractivity contribution in [2.45, 2.75) is 88.8 Å². The van der Waals surface area contributed by atoms with Gasteiger partial charge in [-0.2, -0.15) is 12.6 Å². The largest absolute Gasteiger partial charge is 0.481 e. The van der Waals surface area contributed by atoms with Gasteiger partial charge in [-0.05, 0) is 31.2 Å². The third-order valence-electron chi connectivity index (χ3n) is 7.82. The van der Waals surface area contributed by atoms with Gasteiger partial charge in [-0.3, -0.25) is 38.6 Å². The number of carboxylic acids is 2. The van der Waals surface area contributed by atoms with Gasteiger partial charge in [0.05, 0.1) is 19.1 Å². The summed E-state index contributed by atoms with van der Waals surface area (Å²) in [6.07, 6.45) is -2.37. The van der Waals surface area contributed by atoms with Crippen LogP contribution >= 0.6 is 12.6 Å². The average molecular weight is 797 g/mol. The van der Waals surface area contributed by atoms with Crippen LogP contribution in [0, 0.1) is 5.92 Å². The lowest BCUT2D eigenvalue weighted by molar-refractivity contribution is -0.144. The van der Waals surface area contributed by atoms with Crippen molar-refractivity contribution in [3.63, 3.8) is 0 Å². The lowest BCUT2D eigenvalue weighted by Gasteiger charge is -2.28. The fraction of sp³-hybridized carbons (Fsp3) is 0.545. The van der Waals surface area contributed by atoms with E-state index in [0.717, 1.165) is 0 Å². The lowest BCUT2D eigenvalue weighted by atomic mass is 10.0. The number of amides is 6. The second-order valence-corrected chi connectivity index (χ2v) is 13.1. The summed E-state index contributed by atoms with van der Waals surface area (Å²) in [5.74, 6) is -9.69. The van der Waals surface area contributed by atoms with E-state index in [9.17, 15) is 53.7 Å². The first kappa shape index (κ1) is 47.5. The minimum Gasteiger partial charge on any atom is -0.481 e. The summed E-state index contributed by atoms with van der Waals surface area (Å²) in [7, 11) is 0. The molecule has 0 aliphatic heterocycles. The van der Waals surface area contributed by atoms with E-state index in [1.54, 1.807) is 30.3 Å². The highest BCUT2D eigenvalue weighted by Crippen LogP contribution is 2.08. The Labute approximate surface area is 322 Å². The number of carbonyl (C=O) groups is 8. The quantitative estimate of drug-likeness (QED) is 0.0204. The molecule has 1 aromatic rings. The molecule has 0 fully saturated rings. The second-order valence-electron chi connectivity index (χ2n) is 12.7. The summed E-state index contributed by atoms with van der Waals surface area (Å²) in [6, 6.07) is -0.643. The van der Waals surface area contributed by atoms with E-state index in [2.05, 4.69) is 49.5 Å². The molecule has 0 aliphatic carbocycles. The number of aliphatic hydroxyl groups is 1. The molecule has 0 saturated heterocycles. The molecule has 22 heteroatoms. The molecule has 1 rings (SSSR count). The van der Waals surface area contributed by atoms with Crippen LogP contribution in [0.3, 0.4) is 0 Å². The zero-order valence-corrected chi connectivity index (χ0v) is 31.6. The Bertz CT molecular complexity index is 1530. The van der Waals surface area contributed by atoms with Crippen LogP contribution in [0.1, 0.15) is 45.6 Å². The fourth-order valence-electron chi connectivity index (χ4n) is 4.90. The topological polar surface area (TPSA) is 360 Å².